The van der Waals surface area contributed by atoms with Crippen molar-refractivity contribution < 1.29 is 4.39 Å². The first-order valence-corrected chi connectivity index (χ1v) is 6.67. The van der Waals surface area contributed by atoms with E-state index in [1.807, 2.05) is 6.07 Å². The van der Waals surface area contributed by atoms with Crippen LogP contribution >= 0.6 is 0 Å². The lowest BCUT2D eigenvalue weighted by Crippen LogP contribution is -2.05. The summed E-state index contributed by atoms with van der Waals surface area (Å²) in [5.74, 6) is 7.49. The van der Waals surface area contributed by atoms with Gasteiger partial charge in [-0.2, -0.15) is 0 Å². The van der Waals surface area contributed by atoms with Crippen molar-refractivity contribution in [2.45, 2.75) is 26.4 Å². The van der Waals surface area contributed by atoms with Gasteiger partial charge in [-0.3, -0.25) is 0 Å². The van der Waals surface area contributed by atoms with Crippen molar-refractivity contribution in [1.82, 2.24) is 4.98 Å². The van der Waals surface area contributed by atoms with E-state index in [1.54, 1.807) is 12.1 Å². The first kappa shape index (κ1) is 12.2. The fourth-order valence-corrected chi connectivity index (χ4v) is 2.99. The van der Waals surface area contributed by atoms with Crippen LogP contribution in [0.1, 0.15) is 31.2 Å². The van der Waals surface area contributed by atoms with E-state index in [1.165, 1.54) is 17.6 Å². The van der Waals surface area contributed by atoms with Gasteiger partial charge < -0.3 is 0 Å². The maximum Gasteiger partial charge on any atom is 0.131 e. The summed E-state index contributed by atoms with van der Waals surface area (Å²) in [6.07, 6.45) is 6.65. The van der Waals surface area contributed by atoms with Crippen molar-refractivity contribution >= 4 is 0 Å². The number of halogens is 1. The van der Waals surface area contributed by atoms with Crippen LogP contribution in [0.5, 0.6) is 0 Å². The van der Waals surface area contributed by atoms with Crippen LogP contribution in [0.25, 0.3) is 0 Å². The summed E-state index contributed by atoms with van der Waals surface area (Å²) in [5, 5.41) is 0. The molecule has 2 bridgehead atoms. The molecule has 0 N–H and O–H groups in total. The van der Waals surface area contributed by atoms with E-state index in [2.05, 4.69) is 35.9 Å². The normalized spacial score (nSPS) is 23.7. The lowest BCUT2D eigenvalue weighted by atomic mass is 9.91. The highest BCUT2D eigenvalue weighted by molar-refractivity contribution is 5.42. The smallest absolute Gasteiger partial charge is 0.131 e. The van der Waals surface area contributed by atoms with E-state index in [-0.39, 0.29) is 0 Å². The van der Waals surface area contributed by atoms with Crippen LogP contribution in [-0.4, -0.2) is 4.98 Å². The quantitative estimate of drug-likeness (QED) is 0.730. The highest BCUT2D eigenvalue weighted by atomic mass is 19.1. The van der Waals surface area contributed by atoms with E-state index in [4.69, 9.17) is 0 Å². The molecular formula is C17H16FN. The van der Waals surface area contributed by atoms with Gasteiger partial charge in [0.05, 0.1) is 5.69 Å². The number of alkyl halides is 1. The Hall–Kier alpha value is -1.88. The second-order valence-corrected chi connectivity index (χ2v) is 5.19. The Morgan fingerprint density at radius 3 is 3.00 bits per heavy atom. The molecule has 0 amide bonds. The standard InChI is InChI=1S/C17H16FN/c1-12-10-13-8-9-16(12)17(13)7-3-5-14-4-2-6-15(11-18)19-14/h2,4,6,8,10,16-17H,7,9,11H2,1H3. The SMILES string of the molecule is CC1=CC2=CCC1C2CC#Cc1cccc(CF)n1. The molecule has 0 fully saturated rings. The Morgan fingerprint density at radius 2 is 2.32 bits per heavy atom. The fourth-order valence-electron chi connectivity index (χ4n) is 2.99. The molecule has 3 rings (SSSR count). The van der Waals surface area contributed by atoms with Crippen LogP contribution in [0, 0.1) is 23.7 Å². The van der Waals surface area contributed by atoms with Gasteiger partial charge in [-0.15, -0.1) is 0 Å². The van der Waals surface area contributed by atoms with Gasteiger partial charge in [-0.25, -0.2) is 9.37 Å². The highest BCUT2D eigenvalue weighted by Crippen LogP contribution is 2.45. The molecular weight excluding hydrogens is 237 g/mol. The molecule has 1 nitrogen and oxygen atoms in total. The third-order valence-electron chi connectivity index (χ3n) is 3.98. The second-order valence-electron chi connectivity index (χ2n) is 5.19. The van der Waals surface area contributed by atoms with E-state index >= 15 is 0 Å². The van der Waals surface area contributed by atoms with Crippen LogP contribution in [-0.2, 0) is 6.67 Å². The van der Waals surface area contributed by atoms with Gasteiger partial charge in [0, 0.05) is 12.3 Å². The van der Waals surface area contributed by atoms with Gasteiger partial charge in [-0.05, 0) is 42.9 Å². The molecule has 1 aromatic heterocycles. The number of rotatable bonds is 2. The minimum atomic E-state index is -0.532. The Labute approximate surface area is 113 Å². The molecule has 0 saturated heterocycles. The highest BCUT2D eigenvalue weighted by Gasteiger charge is 2.34. The number of nitrogens with zero attached hydrogens (tertiary/aromatic N) is 1. The maximum absolute atomic E-state index is 12.5. The monoisotopic (exact) mass is 253 g/mol. The van der Waals surface area contributed by atoms with Crippen molar-refractivity contribution in [2.24, 2.45) is 11.8 Å². The number of fused-ring (bicyclic) bond motifs is 2. The summed E-state index contributed by atoms with van der Waals surface area (Å²) in [7, 11) is 0. The van der Waals surface area contributed by atoms with Crippen molar-refractivity contribution in [3.63, 3.8) is 0 Å². The van der Waals surface area contributed by atoms with Crippen molar-refractivity contribution in [3.05, 3.63) is 52.9 Å². The fraction of sp³-hybridized carbons (Fsp3) is 0.353. The molecule has 96 valence electrons. The zero-order chi connectivity index (χ0) is 13.2. The van der Waals surface area contributed by atoms with E-state index in [0.717, 1.165) is 6.42 Å². The molecule has 1 heterocycles. The van der Waals surface area contributed by atoms with Crippen LogP contribution in [0.4, 0.5) is 4.39 Å². The molecule has 0 aromatic carbocycles. The largest absolute Gasteiger partial charge is 0.244 e. The molecule has 1 aromatic rings. The zero-order valence-corrected chi connectivity index (χ0v) is 11.0. The number of hydrogen-bond acceptors (Lipinski definition) is 1. The Morgan fingerprint density at radius 1 is 1.42 bits per heavy atom. The van der Waals surface area contributed by atoms with Crippen LogP contribution in [0.15, 0.2) is 41.5 Å². The predicted molar refractivity (Wildman–Crippen MR) is 74.0 cm³/mol. The van der Waals surface area contributed by atoms with Crippen molar-refractivity contribution in [3.8, 4) is 11.8 Å². The molecule has 0 saturated carbocycles. The lowest BCUT2D eigenvalue weighted by Gasteiger charge is -2.12. The third-order valence-corrected chi connectivity index (χ3v) is 3.98. The predicted octanol–water partition coefficient (Wildman–Crippen LogP) is 3.82. The number of aromatic nitrogens is 1. The topological polar surface area (TPSA) is 12.9 Å². The Kier molecular flexibility index (Phi) is 3.21. The zero-order valence-electron chi connectivity index (χ0n) is 11.0. The average Bonchev–Trinajstić information content (AvgIpc) is 2.95. The van der Waals surface area contributed by atoms with Crippen molar-refractivity contribution in [1.29, 1.82) is 0 Å². The second kappa shape index (κ2) is 5.01. The van der Waals surface area contributed by atoms with E-state index in [9.17, 15) is 4.39 Å². The van der Waals surface area contributed by atoms with Gasteiger partial charge >= 0.3 is 0 Å². The minimum absolute atomic E-state index is 0.452. The number of hydrogen-bond donors (Lipinski definition) is 0. The first-order valence-electron chi connectivity index (χ1n) is 6.67. The molecule has 19 heavy (non-hydrogen) atoms. The molecule has 0 aliphatic heterocycles. The average molecular weight is 253 g/mol. The molecule has 2 aliphatic carbocycles. The Bertz CT molecular complexity index is 616. The van der Waals surface area contributed by atoms with Crippen LogP contribution in [0.2, 0.25) is 0 Å². The number of pyridine rings is 1. The summed E-state index contributed by atoms with van der Waals surface area (Å²) < 4.78 is 12.5. The van der Waals surface area contributed by atoms with Crippen molar-refractivity contribution in [2.75, 3.05) is 0 Å². The molecule has 2 heteroatoms. The van der Waals surface area contributed by atoms with E-state index in [0.29, 0.717) is 23.2 Å². The van der Waals surface area contributed by atoms with Crippen LogP contribution < -0.4 is 0 Å². The lowest BCUT2D eigenvalue weighted by molar-refractivity contribution is 0.476. The summed E-state index contributed by atoms with van der Waals surface area (Å²) in [4.78, 5) is 4.15. The molecule has 0 spiro atoms. The molecule has 2 unspecified atom stereocenters. The first-order chi connectivity index (χ1) is 9.28. The summed E-state index contributed by atoms with van der Waals surface area (Å²) in [6.45, 7) is 1.67. The number of allylic oxidation sites excluding steroid dienone is 4. The minimum Gasteiger partial charge on any atom is -0.244 e. The molecule has 2 aliphatic rings. The summed E-state index contributed by atoms with van der Waals surface area (Å²) >= 11 is 0. The molecule has 0 radical (unpaired) electrons. The summed E-state index contributed by atoms with van der Waals surface area (Å²) in [5.41, 5.74) is 4.05. The van der Waals surface area contributed by atoms with E-state index < -0.39 is 6.67 Å². The van der Waals surface area contributed by atoms with Crippen LogP contribution in [0.3, 0.4) is 0 Å². The summed E-state index contributed by atoms with van der Waals surface area (Å²) in [6, 6.07) is 5.32. The van der Waals surface area contributed by atoms with Gasteiger partial charge in [0.2, 0.25) is 0 Å². The van der Waals surface area contributed by atoms with Gasteiger partial charge in [0.15, 0.2) is 0 Å². The third kappa shape index (κ3) is 2.33. The van der Waals surface area contributed by atoms with Gasteiger partial charge in [0.1, 0.15) is 12.4 Å². The molecule has 2 atom stereocenters. The Balaban J connectivity index is 1.68. The maximum atomic E-state index is 12.5. The van der Waals surface area contributed by atoms with Gasteiger partial charge in [-0.1, -0.05) is 29.7 Å². The van der Waals surface area contributed by atoms with Gasteiger partial charge in [0.25, 0.3) is 0 Å².